The number of carbonyl (C=O) groups is 2. The fourth-order valence-electron chi connectivity index (χ4n) is 3.40. The molecule has 1 atom stereocenters. The Labute approximate surface area is 165 Å². The summed E-state index contributed by atoms with van der Waals surface area (Å²) in [7, 11) is 0. The summed E-state index contributed by atoms with van der Waals surface area (Å²) in [6.07, 6.45) is 2.44. The van der Waals surface area contributed by atoms with Crippen molar-refractivity contribution in [2.75, 3.05) is 13.2 Å². The van der Waals surface area contributed by atoms with Crippen LogP contribution in [0, 0.1) is 0 Å². The molecule has 1 saturated heterocycles. The van der Waals surface area contributed by atoms with Crippen molar-refractivity contribution in [3.05, 3.63) is 23.8 Å². The summed E-state index contributed by atoms with van der Waals surface area (Å²) in [5.41, 5.74) is -0.270. The molecular formula is C21H29NO6. The summed E-state index contributed by atoms with van der Waals surface area (Å²) < 4.78 is 22.5. The van der Waals surface area contributed by atoms with E-state index < -0.39 is 17.4 Å². The number of benzene rings is 1. The Morgan fingerprint density at radius 3 is 2.71 bits per heavy atom. The number of ether oxygens (including phenoxy) is 4. The number of amides is 1. The molecule has 0 aliphatic carbocycles. The fraction of sp³-hybridized carbons (Fsp3) is 0.619. The SMILES string of the molecule is CC(C)(C)OC(=O)N1CCCC[C@H]1COc1cccc2c1C(=O)OC(C)(C)O2. The lowest BCUT2D eigenvalue weighted by Gasteiger charge is -2.37. The molecule has 3 rings (SSSR count). The molecule has 1 aromatic carbocycles. The lowest BCUT2D eigenvalue weighted by Crippen LogP contribution is -2.48. The zero-order valence-electron chi connectivity index (χ0n) is 17.2. The average Bonchev–Trinajstić information content (AvgIpc) is 2.57. The lowest BCUT2D eigenvalue weighted by molar-refractivity contribution is -0.127. The van der Waals surface area contributed by atoms with Crippen LogP contribution in [-0.2, 0) is 9.47 Å². The van der Waals surface area contributed by atoms with Crippen LogP contribution in [0.4, 0.5) is 4.79 Å². The van der Waals surface area contributed by atoms with E-state index in [9.17, 15) is 9.59 Å². The lowest BCUT2D eigenvalue weighted by atomic mass is 10.0. The molecule has 0 spiro atoms. The molecule has 7 heteroatoms. The van der Waals surface area contributed by atoms with Gasteiger partial charge in [0.1, 0.15) is 29.3 Å². The highest BCUT2D eigenvalue weighted by Crippen LogP contribution is 2.37. The van der Waals surface area contributed by atoms with Crippen molar-refractivity contribution in [3.8, 4) is 11.5 Å². The third-order valence-electron chi connectivity index (χ3n) is 4.57. The largest absolute Gasteiger partial charge is 0.490 e. The van der Waals surface area contributed by atoms with E-state index >= 15 is 0 Å². The van der Waals surface area contributed by atoms with Gasteiger partial charge in [0.15, 0.2) is 0 Å². The number of hydrogen-bond donors (Lipinski definition) is 0. The van der Waals surface area contributed by atoms with Gasteiger partial charge < -0.3 is 23.8 Å². The number of esters is 1. The van der Waals surface area contributed by atoms with Gasteiger partial charge in [0, 0.05) is 20.4 Å². The van der Waals surface area contributed by atoms with Crippen LogP contribution in [0.1, 0.15) is 64.2 Å². The predicted molar refractivity (Wildman–Crippen MR) is 103 cm³/mol. The van der Waals surface area contributed by atoms with Crippen LogP contribution in [-0.4, -0.2) is 47.5 Å². The van der Waals surface area contributed by atoms with Crippen LogP contribution >= 0.6 is 0 Å². The van der Waals surface area contributed by atoms with Gasteiger partial charge in [-0.3, -0.25) is 0 Å². The Kier molecular flexibility index (Phi) is 5.46. The molecule has 2 aliphatic rings. The van der Waals surface area contributed by atoms with Gasteiger partial charge in [-0.1, -0.05) is 6.07 Å². The van der Waals surface area contributed by atoms with Crippen LogP contribution in [0.5, 0.6) is 11.5 Å². The normalized spacial score (nSPS) is 21.2. The number of cyclic esters (lactones) is 1. The van der Waals surface area contributed by atoms with E-state index in [1.54, 1.807) is 36.9 Å². The number of nitrogens with zero attached hydrogens (tertiary/aromatic N) is 1. The van der Waals surface area contributed by atoms with Gasteiger partial charge in [-0.2, -0.15) is 0 Å². The summed E-state index contributed by atoms with van der Waals surface area (Å²) in [6, 6.07) is 5.09. The highest BCUT2D eigenvalue weighted by molar-refractivity contribution is 5.96. The van der Waals surface area contributed by atoms with Crippen molar-refractivity contribution in [2.45, 2.75) is 71.3 Å². The molecule has 0 radical (unpaired) electrons. The first-order chi connectivity index (χ1) is 13.1. The smallest absolute Gasteiger partial charge is 0.410 e. The first-order valence-electron chi connectivity index (χ1n) is 9.73. The van der Waals surface area contributed by atoms with E-state index in [0.29, 0.717) is 18.0 Å². The molecule has 0 N–H and O–H groups in total. The summed E-state index contributed by atoms with van der Waals surface area (Å²) in [5, 5.41) is 0. The van der Waals surface area contributed by atoms with Crippen molar-refractivity contribution in [2.24, 2.45) is 0 Å². The highest BCUT2D eigenvalue weighted by atomic mass is 16.7. The van der Waals surface area contributed by atoms with Crippen LogP contribution in [0.2, 0.25) is 0 Å². The van der Waals surface area contributed by atoms with Crippen LogP contribution in [0.3, 0.4) is 0 Å². The van der Waals surface area contributed by atoms with Gasteiger partial charge in [0.2, 0.25) is 5.79 Å². The molecule has 1 amide bonds. The second-order valence-electron chi connectivity index (χ2n) is 8.66. The van der Waals surface area contributed by atoms with Gasteiger partial charge in [0.05, 0.1) is 6.04 Å². The van der Waals surface area contributed by atoms with Crippen LogP contribution < -0.4 is 9.47 Å². The van der Waals surface area contributed by atoms with Gasteiger partial charge in [-0.25, -0.2) is 9.59 Å². The minimum Gasteiger partial charge on any atom is -0.490 e. The Balaban J connectivity index is 1.73. The fourth-order valence-corrected chi connectivity index (χ4v) is 3.40. The van der Waals surface area contributed by atoms with E-state index in [0.717, 1.165) is 19.3 Å². The molecule has 28 heavy (non-hydrogen) atoms. The topological polar surface area (TPSA) is 74.3 Å². The highest BCUT2D eigenvalue weighted by Gasteiger charge is 2.37. The minimum atomic E-state index is -1.01. The first-order valence-corrected chi connectivity index (χ1v) is 9.73. The number of likely N-dealkylation sites (tertiary alicyclic amines) is 1. The Hall–Kier alpha value is -2.44. The molecule has 2 aliphatic heterocycles. The standard InChI is InChI=1S/C21H29NO6/c1-20(2,3)28-19(24)22-12-7-6-9-14(22)13-25-15-10-8-11-16-17(15)18(23)27-21(4,5)26-16/h8,10-11,14H,6-7,9,12-13H2,1-5H3/t14-/m0/s1. The van der Waals surface area contributed by atoms with Gasteiger partial charge >= 0.3 is 12.1 Å². The first kappa shape index (κ1) is 20.3. The summed E-state index contributed by atoms with van der Waals surface area (Å²) >= 11 is 0. The molecule has 0 saturated carbocycles. The van der Waals surface area contributed by atoms with Gasteiger partial charge in [-0.05, 0) is 52.2 Å². The monoisotopic (exact) mass is 391 g/mol. The molecule has 0 unspecified atom stereocenters. The molecule has 0 aromatic heterocycles. The average molecular weight is 391 g/mol. The number of carbonyl (C=O) groups excluding carboxylic acids is 2. The maximum absolute atomic E-state index is 12.5. The second-order valence-corrected chi connectivity index (χ2v) is 8.66. The molecule has 1 fully saturated rings. The van der Waals surface area contributed by atoms with E-state index in [1.807, 2.05) is 20.8 Å². The number of piperidine rings is 1. The Bertz CT molecular complexity index is 752. The molecule has 2 heterocycles. The van der Waals surface area contributed by atoms with E-state index in [4.69, 9.17) is 18.9 Å². The molecule has 1 aromatic rings. The third-order valence-corrected chi connectivity index (χ3v) is 4.57. The van der Waals surface area contributed by atoms with E-state index in [2.05, 4.69) is 0 Å². The predicted octanol–water partition coefficient (Wildman–Crippen LogP) is 4.14. The maximum Gasteiger partial charge on any atom is 0.410 e. The molecular weight excluding hydrogens is 362 g/mol. The quantitative estimate of drug-likeness (QED) is 0.721. The van der Waals surface area contributed by atoms with Gasteiger partial charge in [0.25, 0.3) is 0 Å². The second kappa shape index (κ2) is 7.53. The Morgan fingerprint density at radius 1 is 1.25 bits per heavy atom. The maximum atomic E-state index is 12.5. The third kappa shape index (κ3) is 4.69. The Morgan fingerprint density at radius 2 is 2.00 bits per heavy atom. The molecule has 0 bridgehead atoms. The number of hydrogen-bond acceptors (Lipinski definition) is 6. The van der Waals surface area contributed by atoms with Crippen LogP contribution in [0.15, 0.2) is 18.2 Å². The van der Waals surface area contributed by atoms with Crippen LogP contribution in [0.25, 0.3) is 0 Å². The van der Waals surface area contributed by atoms with Crippen molar-refractivity contribution in [3.63, 3.8) is 0 Å². The van der Waals surface area contributed by atoms with Crippen molar-refractivity contribution in [1.29, 1.82) is 0 Å². The molecule has 7 nitrogen and oxygen atoms in total. The number of fused-ring (bicyclic) bond motifs is 1. The van der Waals surface area contributed by atoms with E-state index in [-0.39, 0.29) is 24.3 Å². The van der Waals surface area contributed by atoms with Crippen molar-refractivity contribution < 1.29 is 28.5 Å². The molecule has 154 valence electrons. The minimum absolute atomic E-state index is 0.114. The van der Waals surface area contributed by atoms with E-state index in [1.165, 1.54) is 0 Å². The zero-order valence-corrected chi connectivity index (χ0v) is 17.2. The number of rotatable bonds is 3. The zero-order chi connectivity index (χ0) is 20.5. The summed E-state index contributed by atoms with van der Waals surface area (Å²) in [5.74, 6) is -0.659. The summed E-state index contributed by atoms with van der Waals surface area (Å²) in [6.45, 7) is 9.82. The van der Waals surface area contributed by atoms with Crippen molar-refractivity contribution in [1.82, 2.24) is 4.90 Å². The summed E-state index contributed by atoms with van der Waals surface area (Å²) in [4.78, 5) is 26.7. The van der Waals surface area contributed by atoms with Crippen molar-refractivity contribution >= 4 is 12.1 Å². The van der Waals surface area contributed by atoms with Gasteiger partial charge in [-0.15, -0.1) is 0 Å².